The van der Waals surface area contributed by atoms with Crippen molar-refractivity contribution in [2.24, 2.45) is 11.3 Å². The molecule has 4 rings (SSSR count). The van der Waals surface area contributed by atoms with Gasteiger partial charge in [-0.05, 0) is 54.4 Å². The lowest BCUT2D eigenvalue weighted by Crippen LogP contribution is -2.31. The van der Waals surface area contributed by atoms with Crippen molar-refractivity contribution in [3.05, 3.63) is 49.0 Å². The lowest BCUT2D eigenvalue weighted by atomic mass is 9.72. The van der Waals surface area contributed by atoms with Crippen LogP contribution in [0.1, 0.15) is 37.6 Å². The zero-order valence-electron chi connectivity index (χ0n) is 17.0. The molecule has 1 aliphatic carbocycles. The summed E-state index contributed by atoms with van der Waals surface area (Å²) >= 11 is 13.4. The van der Waals surface area contributed by atoms with Crippen LogP contribution in [0.4, 0.5) is 5.69 Å². The lowest BCUT2D eigenvalue weighted by Gasteiger charge is -2.33. The fraction of sp³-hybridized carbons (Fsp3) is 0.429. The topological polar surface area (TPSA) is 76.9 Å². The minimum Gasteiger partial charge on any atom is -0.324 e. The first-order valence-corrected chi connectivity index (χ1v) is 11.3. The van der Waals surface area contributed by atoms with E-state index in [0.29, 0.717) is 31.9 Å². The van der Waals surface area contributed by atoms with Crippen LogP contribution in [0.25, 0.3) is 10.2 Å². The molecular formula is C21H22Cl2N4O2S. The number of fused-ring (bicyclic) bond motifs is 3. The van der Waals surface area contributed by atoms with Gasteiger partial charge in [-0.15, -0.1) is 16.4 Å². The lowest BCUT2D eigenvalue weighted by molar-refractivity contribution is -0.117. The molecular weight excluding hydrogens is 443 g/mol. The number of amides is 1. The van der Waals surface area contributed by atoms with Gasteiger partial charge in [0.1, 0.15) is 6.54 Å². The summed E-state index contributed by atoms with van der Waals surface area (Å²) in [4.78, 5) is 27.4. The number of halogens is 2. The van der Waals surface area contributed by atoms with Gasteiger partial charge in [-0.25, -0.2) is 4.68 Å². The largest absolute Gasteiger partial charge is 0.324 e. The van der Waals surface area contributed by atoms with Crippen LogP contribution in [0.5, 0.6) is 0 Å². The van der Waals surface area contributed by atoms with Gasteiger partial charge in [0.25, 0.3) is 5.56 Å². The minimum absolute atomic E-state index is 0.225. The number of anilines is 1. The maximum atomic E-state index is 13.1. The summed E-state index contributed by atoms with van der Waals surface area (Å²) in [5.41, 5.74) is 1.53. The van der Waals surface area contributed by atoms with Crippen molar-refractivity contribution in [3.63, 3.8) is 0 Å². The minimum atomic E-state index is -0.388. The van der Waals surface area contributed by atoms with E-state index in [1.807, 2.05) is 0 Å². The Kier molecular flexibility index (Phi) is 5.64. The Morgan fingerprint density at radius 2 is 2.07 bits per heavy atom. The molecule has 1 aliphatic rings. The summed E-state index contributed by atoms with van der Waals surface area (Å²) in [6.07, 6.45) is 2.85. The molecule has 1 amide bonds. The van der Waals surface area contributed by atoms with E-state index in [1.165, 1.54) is 4.88 Å². The zero-order valence-corrected chi connectivity index (χ0v) is 19.3. The second kappa shape index (κ2) is 7.94. The van der Waals surface area contributed by atoms with Crippen LogP contribution in [0.2, 0.25) is 10.0 Å². The number of benzene rings is 1. The van der Waals surface area contributed by atoms with Gasteiger partial charge < -0.3 is 5.32 Å². The number of rotatable bonds is 3. The van der Waals surface area contributed by atoms with Crippen molar-refractivity contribution in [2.75, 3.05) is 5.32 Å². The van der Waals surface area contributed by atoms with Crippen LogP contribution in [-0.4, -0.2) is 20.9 Å². The third-order valence-electron chi connectivity index (χ3n) is 5.66. The molecule has 1 aromatic carbocycles. The second-order valence-electron chi connectivity index (χ2n) is 8.72. The van der Waals surface area contributed by atoms with Crippen LogP contribution >= 0.6 is 34.5 Å². The first kappa shape index (κ1) is 21.3. The van der Waals surface area contributed by atoms with E-state index in [9.17, 15) is 9.59 Å². The summed E-state index contributed by atoms with van der Waals surface area (Å²) in [7, 11) is 0. The van der Waals surface area contributed by atoms with Crippen LogP contribution in [-0.2, 0) is 24.2 Å². The van der Waals surface area contributed by atoms with Crippen molar-refractivity contribution < 1.29 is 4.79 Å². The number of aromatic nitrogens is 3. The molecule has 158 valence electrons. The van der Waals surface area contributed by atoms with Crippen LogP contribution in [0, 0.1) is 11.3 Å². The second-order valence-corrected chi connectivity index (χ2v) is 10.6. The van der Waals surface area contributed by atoms with Crippen LogP contribution in [0.3, 0.4) is 0 Å². The van der Waals surface area contributed by atoms with Gasteiger partial charge in [0.05, 0.1) is 15.4 Å². The molecule has 1 atom stereocenters. The monoisotopic (exact) mass is 464 g/mol. The van der Waals surface area contributed by atoms with Crippen LogP contribution in [0.15, 0.2) is 23.0 Å². The van der Waals surface area contributed by atoms with Gasteiger partial charge in [-0.1, -0.05) is 49.2 Å². The predicted octanol–water partition coefficient (Wildman–Crippen LogP) is 4.95. The molecule has 0 fully saturated rings. The Hall–Kier alpha value is -1.96. The van der Waals surface area contributed by atoms with E-state index in [2.05, 4.69) is 36.4 Å². The molecule has 0 saturated heterocycles. The molecule has 0 bridgehead atoms. The van der Waals surface area contributed by atoms with E-state index in [-0.39, 0.29) is 23.4 Å². The van der Waals surface area contributed by atoms with Gasteiger partial charge >= 0.3 is 0 Å². The number of hydrogen-bond donors (Lipinski definition) is 1. The quantitative estimate of drug-likeness (QED) is 0.594. The highest BCUT2D eigenvalue weighted by molar-refractivity contribution is 7.18. The first-order valence-electron chi connectivity index (χ1n) is 9.76. The fourth-order valence-electron chi connectivity index (χ4n) is 3.88. The Morgan fingerprint density at radius 1 is 1.30 bits per heavy atom. The summed E-state index contributed by atoms with van der Waals surface area (Å²) in [6.45, 7) is 6.55. The molecule has 3 aromatic rings. The molecule has 9 heteroatoms. The SMILES string of the molecule is CC(C)(C)[C@H]1CCc2c(sc3nnn(CC(=O)Nc4ccc(Cl)c(Cl)c4)c(=O)c23)C1. The maximum Gasteiger partial charge on any atom is 0.279 e. The Balaban J connectivity index is 1.59. The number of nitrogens with zero attached hydrogens (tertiary/aromatic N) is 3. The van der Waals surface area contributed by atoms with Crippen molar-refractivity contribution in [1.82, 2.24) is 15.0 Å². The third kappa shape index (κ3) is 4.11. The van der Waals surface area contributed by atoms with Crippen LogP contribution < -0.4 is 10.9 Å². The number of hydrogen-bond acceptors (Lipinski definition) is 5. The van der Waals surface area contributed by atoms with Crippen molar-refractivity contribution in [1.29, 1.82) is 0 Å². The molecule has 0 aliphatic heterocycles. The van der Waals surface area contributed by atoms with E-state index in [4.69, 9.17) is 23.2 Å². The van der Waals surface area contributed by atoms with Gasteiger partial charge in [0.2, 0.25) is 5.91 Å². The smallest absolute Gasteiger partial charge is 0.279 e. The zero-order chi connectivity index (χ0) is 21.6. The van der Waals surface area contributed by atoms with Gasteiger partial charge in [0.15, 0.2) is 4.83 Å². The summed E-state index contributed by atoms with van der Waals surface area (Å²) < 4.78 is 1.12. The van der Waals surface area contributed by atoms with Crippen molar-refractivity contribution in [2.45, 2.75) is 46.6 Å². The number of carbonyl (C=O) groups excluding carboxylic acids is 1. The number of aryl methyl sites for hydroxylation is 1. The molecule has 0 spiro atoms. The highest BCUT2D eigenvalue weighted by Crippen LogP contribution is 2.41. The fourth-order valence-corrected chi connectivity index (χ4v) is 5.41. The van der Waals surface area contributed by atoms with E-state index in [0.717, 1.165) is 29.5 Å². The van der Waals surface area contributed by atoms with Crippen molar-refractivity contribution in [3.8, 4) is 0 Å². The van der Waals surface area contributed by atoms with Gasteiger partial charge in [0, 0.05) is 10.6 Å². The summed E-state index contributed by atoms with van der Waals surface area (Å²) in [6, 6.07) is 4.80. The molecule has 30 heavy (non-hydrogen) atoms. The highest BCUT2D eigenvalue weighted by Gasteiger charge is 2.32. The van der Waals surface area contributed by atoms with Crippen molar-refractivity contribution >= 4 is 56.3 Å². The first-order chi connectivity index (χ1) is 14.1. The Labute approximate surface area is 188 Å². The average Bonchev–Trinajstić information content (AvgIpc) is 3.05. The van der Waals surface area contributed by atoms with E-state index in [1.54, 1.807) is 29.5 Å². The normalized spacial score (nSPS) is 16.5. The number of thiophene rings is 1. The average molecular weight is 465 g/mol. The molecule has 0 radical (unpaired) electrons. The number of nitrogens with one attached hydrogen (secondary N) is 1. The summed E-state index contributed by atoms with van der Waals surface area (Å²) in [5.74, 6) is 0.186. The number of carbonyl (C=O) groups is 1. The maximum absolute atomic E-state index is 13.1. The molecule has 2 heterocycles. The molecule has 6 nitrogen and oxygen atoms in total. The highest BCUT2D eigenvalue weighted by atomic mass is 35.5. The van der Waals surface area contributed by atoms with E-state index >= 15 is 0 Å². The molecule has 0 saturated carbocycles. The predicted molar refractivity (Wildman–Crippen MR) is 122 cm³/mol. The Bertz CT molecular complexity index is 1200. The molecule has 0 unspecified atom stereocenters. The van der Waals surface area contributed by atoms with Gasteiger partial charge in [-0.3, -0.25) is 9.59 Å². The third-order valence-corrected chi connectivity index (χ3v) is 7.54. The van der Waals surface area contributed by atoms with E-state index < -0.39 is 0 Å². The Morgan fingerprint density at radius 3 is 2.77 bits per heavy atom. The summed E-state index contributed by atoms with van der Waals surface area (Å²) in [5, 5.41) is 12.3. The van der Waals surface area contributed by atoms with Gasteiger partial charge in [-0.2, -0.15) is 0 Å². The molecule has 2 aromatic heterocycles. The molecule has 1 N–H and O–H groups in total. The standard InChI is InChI=1S/C21H22Cl2N4O2S/c1-21(2,3)11-4-6-13-16(8-11)30-19-18(13)20(29)27(26-25-19)10-17(28)24-12-5-7-14(22)15(23)9-12/h5,7,9,11H,4,6,8,10H2,1-3H3,(H,24,28)/t11-/m0/s1.